The molecule has 0 spiro atoms. The first-order valence-corrected chi connectivity index (χ1v) is 9.98. The number of halogens is 1. The highest BCUT2D eigenvalue weighted by Crippen LogP contribution is 2.27. The fraction of sp³-hybridized carbons (Fsp3) is 0.333. The molecule has 2 amide bonds. The van der Waals surface area contributed by atoms with Gasteiger partial charge < -0.3 is 20.1 Å². The lowest BCUT2D eigenvalue weighted by atomic mass is 10.2. The fourth-order valence-corrected chi connectivity index (χ4v) is 3.39. The second-order valence-electron chi connectivity index (χ2n) is 6.99. The quantitative estimate of drug-likeness (QED) is 0.516. The molecule has 10 heteroatoms. The maximum atomic E-state index is 12.3. The van der Waals surface area contributed by atoms with E-state index in [4.69, 9.17) is 21.1 Å². The molecular formula is C21H24ClN5O4. The van der Waals surface area contributed by atoms with Crippen molar-refractivity contribution in [2.75, 3.05) is 32.2 Å². The lowest BCUT2D eigenvalue weighted by molar-refractivity contribution is -0.118. The summed E-state index contributed by atoms with van der Waals surface area (Å²) in [5, 5.41) is 10.7. The highest BCUT2D eigenvalue weighted by atomic mass is 35.5. The first-order chi connectivity index (χ1) is 14.8. The molecule has 0 aliphatic heterocycles. The van der Waals surface area contributed by atoms with Gasteiger partial charge in [-0.1, -0.05) is 11.6 Å². The van der Waals surface area contributed by atoms with Gasteiger partial charge in [0.25, 0.3) is 11.8 Å². The standard InChI is InChI=1S/C21H24ClN5O4/c1-12-9-13(2)24-19-18(12)21(26-27(19)3)31-11-17(28)25-14-5-6-15(16(22)10-14)20(29)23-7-8-30-4/h5-6,9-10H,7-8,11H2,1-4H3,(H,23,29)(H,25,28). The summed E-state index contributed by atoms with van der Waals surface area (Å²) in [5.41, 5.74) is 3.30. The number of aromatic nitrogens is 3. The minimum atomic E-state index is -0.384. The molecule has 3 aromatic rings. The Kier molecular flexibility index (Phi) is 7.09. The largest absolute Gasteiger partial charge is 0.466 e. The van der Waals surface area contributed by atoms with E-state index >= 15 is 0 Å². The van der Waals surface area contributed by atoms with Crippen LogP contribution in [0.3, 0.4) is 0 Å². The Bertz CT molecular complexity index is 1130. The summed E-state index contributed by atoms with van der Waals surface area (Å²) >= 11 is 6.20. The predicted molar refractivity (Wildman–Crippen MR) is 118 cm³/mol. The average molecular weight is 446 g/mol. The second kappa shape index (κ2) is 9.76. The molecule has 31 heavy (non-hydrogen) atoms. The van der Waals surface area contributed by atoms with Gasteiger partial charge in [-0.15, -0.1) is 5.10 Å². The number of aryl methyl sites for hydroxylation is 3. The van der Waals surface area contributed by atoms with Crippen LogP contribution in [0.15, 0.2) is 24.3 Å². The number of methoxy groups -OCH3 is 1. The Balaban J connectivity index is 1.63. The molecule has 2 heterocycles. The topological polar surface area (TPSA) is 107 Å². The molecule has 0 atom stereocenters. The summed E-state index contributed by atoms with van der Waals surface area (Å²) in [6.07, 6.45) is 0. The van der Waals surface area contributed by atoms with Gasteiger partial charge in [0.05, 0.1) is 22.6 Å². The molecule has 1 aromatic carbocycles. The minimum Gasteiger partial charge on any atom is -0.466 e. The summed E-state index contributed by atoms with van der Waals surface area (Å²) in [7, 11) is 3.33. The zero-order valence-corrected chi connectivity index (χ0v) is 18.5. The van der Waals surface area contributed by atoms with E-state index in [2.05, 4.69) is 20.7 Å². The van der Waals surface area contributed by atoms with E-state index in [-0.39, 0.29) is 23.4 Å². The Morgan fingerprint density at radius 3 is 2.71 bits per heavy atom. The average Bonchev–Trinajstić information content (AvgIpc) is 3.02. The monoisotopic (exact) mass is 445 g/mol. The van der Waals surface area contributed by atoms with E-state index in [1.54, 1.807) is 31.0 Å². The van der Waals surface area contributed by atoms with Crippen molar-refractivity contribution in [2.24, 2.45) is 7.05 Å². The molecule has 0 saturated heterocycles. The van der Waals surface area contributed by atoms with Crippen LogP contribution in [0.25, 0.3) is 11.0 Å². The number of amides is 2. The highest BCUT2D eigenvalue weighted by molar-refractivity contribution is 6.34. The molecular weight excluding hydrogens is 422 g/mol. The lowest BCUT2D eigenvalue weighted by Crippen LogP contribution is -2.27. The van der Waals surface area contributed by atoms with Gasteiger partial charge in [-0.2, -0.15) is 0 Å². The Morgan fingerprint density at radius 1 is 1.23 bits per heavy atom. The number of carbonyl (C=O) groups is 2. The third-order valence-electron chi connectivity index (χ3n) is 4.52. The first-order valence-electron chi connectivity index (χ1n) is 9.60. The fourth-order valence-electron chi connectivity index (χ4n) is 3.12. The van der Waals surface area contributed by atoms with Crippen LogP contribution in [0.2, 0.25) is 5.02 Å². The lowest BCUT2D eigenvalue weighted by Gasteiger charge is -2.10. The number of nitrogens with zero attached hydrogens (tertiary/aromatic N) is 3. The van der Waals surface area contributed by atoms with Gasteiger partial charge in [0.2, 0.25) is 5.88 Å². The highest BCUT2D eigenvalue weighted by Gasteiger charge is 2.16. The van der Waals surface area contributed by atoms with Gasteiger partial charge in [-0.05, 0) is 43.7 Å². The van der Waals surface area contributed by atoms with Crippen molar-refractivity contribution >= 4 is 40.1 Å². The van der Waals surface area contributed by atoms with Crippen molar-refractivity contribution in [2.45, 2.75) is 13.8 Å². The Morgan fingerprint density at radius 2 is 2.00 bits per heavy atom. The van der Waals surface area contributed by atoms with E-state index < -0.39 is 0 Å². The number of hydrogen-bond acceptors (Lipinski definition) is 6. The van der Waals surface area contributed by atoms with Crippen LogP contribution in [-0.4, -0.2) is 53.4 Å². The molecule has 164 valence electrons. The molecule has 0 aliphatic carbocycles. The summed E-state index contributed by atoms with van der Waals surface area (Å²) < 4.78 is 12.2. The van der Waals surface area contributed by atoms with Gasteiger partial charge >= 0.3 is 0 Å². The van der Waals surface area contributed by atoms with Crippen LogP contribution in [0.4, 0.5) is 5.69 Å². The first kappa shape index (κ1) is 22.5. The van der Waals surface area contributed by atoms with Crippen molar-refractivity contribution in [1.29, 1.82) is 0 Å². The molecule has 0 radical (unpaired) electrons. The number of rotatable bonds is 8. The summed E-state index contributed by atoms with van der Waals surface area (Å²) in [6.45, 7) is 4.39. The number of benzene rings is 1. The van der Waals surface area contributed by atoms with E-state index in [1.165, 1.54) is 6.07 Å². The minimum absolute atomic E-state index is 0.224. The van der Waals surface area contributed by atoms with Gasteiger partial charge in [-0.3, -0.25) is 9.59 Å². The van der Waals surface area contributed by atoms with E-state index in [0.717, 1.165) is 16.6 Å². The van der Waals surface area contributed by atoms with Crippen LogP contribution in [0, 0.1) is 13.8 Å². The summed E-state index contributed by atoms with van der Waals surface area (Å²) in [5.74, 6) is -0.354. The van der Waals surface area contributed by atoms with Crippen molar-refractivity contribution in [3.63, 3.8) is 0 Å². The van der Waals surface area contributed by atoms with Gasteiger partial charge in [0, 0.05) is 32.1 Å². The van der Waals surface area contributed by atoms with Crippen molar-refractivity contribution < 1.29 is 19.1 Å². The number of nitrogens with one attached hydrogen (secondary N) is 2. The molecule has 0 aliphatic rings. The summed E-state index contributed by atoms with van der Waals surface area (Å²) in [6, 6.07) is 6.59. The molecule has 2 N–H and O–H groups in total. The van der Waals surface area contributed by atoms with Gasteiger partial charge in [-0.25, -0.2) is 9.67 Å². The van der Waals surface area contributed by atoms with Crippen LogP contribution < -0.4 is 15.4 Å². The van der Waals surface area contributed by atoms with Crippen molar-refractivity contribution in [1.82, 2.24) is 20.1 Å². The van der Waals surface area contributed by atoms with Crippen LogP contribution in [-0.2, 0) is 16.6 Å². The van der Waals surface area contributed by atoms with E-state index in [1.807, 2.05) is 19.9 Å². The SMILES string of the molecule is COCCNC(=O)c1ccc(NC(=O)COc2nn(C)c3nc(C)cc(C)c23)cc1Cl. The number of pyridine rings is 1. The van der Waals surface area contributed by atoms with E-state index in [9.17, 15) is 9.59 Å². The molecule has 0 fully saturated rings. The predicted octanol–water partition coefficient (Wildman–Crippen LogP) is 2.63. The Labute approximate surface area is 184 Å². The van der Waals surface area contributed by atoms with Crippen molar-refractivity contribution in [3.05, 3.63) is 46.1 Å². The third-order valence-corrected chi connectivity index (χ3v) is 4.83. The maximum Gasteiger partial charge on any atom is 0.262 e. The molecule has 3 rings (SSSR count). The maximum absolute atomic E-state index is 12.3. The Hall–Kier alpha value is -3.17. The second-order valence-corrected chi connectivity index (χ2v) is 7.40. The normalized spacial score (nSPS) is 10.9. The third kappa shape index (κ3) is 5.31. The van der Waals surface area contributed by atoms with Crippen molar-refractivity contribution in [3.8, 4) is 5.88 Å². The number of anilines is 1. The zero-order valence-electron chi connectivity index (χ0n) is 17.8. The smallest absolute Gasteiger partial charge is 0.262 e. The zero-order chi connectivity index (χ0) is 22.5. The number of carbonyl (C=O) groups excluding carboxylic acids is 2. The van der Waals surface area contributed by atoms with Crippen LogP contribution >= 0.6 is 11.6 Å². The molecule has 9 nitrogen and oxygen atoms in total. The molecule has 0 unspecified atom stereocenters. The van der Waals surface area contributed by atoms with Crippen LogP contribution in [0.1, 0.15) is 21.6 Å². The van der Waals surface area contributed by atoms with E-state index in [0.29, 0.717) is 35.9 Å². The summed E-state index contributed by atoms with van der Waals surface area (Å²) in [4.78, 5) is 28.9. The number of hydrogen-bond donors (Lipinski definition) is 2. The molecule has 0 saturated carbocycles. The number of fused-ring (bicyclic) bond motifs is 1. The van der Waals surface area contributed by atoms with Gasteiger partial charge in [0.15, 0.2) is 12.3 Å². The number of ether oxygens (including phenoxy) is 2. The molecule has 2 aromatic heterocycles. The van der Waals surface area contributed by atoms with Crippen LogP contribution in [0.5, 0.6) is 5.88 Å². The van der Waals surface area contributed by atoms with Gasteiger partial charge in [0.1, 0.15) is 0 Å². The molecule has 0 bridgehead atoms.